The molecule has 4 atom stereocenters. The highest BCUT2D eigenvalue weighted by atomic mass is 79.9. The number of hydrogen-bond acceptors (Lipinski definition) is 0. The molecule has 0 aliphatic carbocycles. The lowest BCUT2D eigenvalue weighted by molar-refractivity contribution is 1.77. The Morgan fingerprint density at radius 2 is 2.45 bits per heavy atom. The Morgan fingerprint density at radius 3 is 2.91 bits per heavy atom. The van der Waals surface area contributed by atoms with Crippen LogP contribution < -0.4 is 0 Å². The molecule has 0 rings (SSSR count). The normalized spacial score (nSPS) is 14.8. The standard InChI is InChI=1S/C6H11BrP4/c1-2-3-4-5-6-11(9-7)10-8/h4-5,9-10H,6,8H2,1H3/b5-4+. The molecular formula is C6H11BrP4. The van der Waals surface area contributed by atoms with Gasteiger partial charge in [0.15, 0.2) is 0 Å². The summed E-state index contributed by atoms with van der Waals surface area (Å²) in [5, 5.41) is 0. The van der Waals surface area contributed by atoms with Crippen LogP contribution in [0.2, 0.25) is 0 Å². The van der Waals surface area contributed by atoms with Gasteiger partial charge in [-0.2, -0.15) is 0 Å². The minimum Gasteiger partial charge on any atom is -0.110 e. The van der Waals surface area contributed by atoms with Gasteiger partial charge in [-0.05, 0) is 33.4 Å². The van der Waals surface area contributed by atoms with E-state index in [-0.39, 0.29) is 7.30 Å². The third-order valence-electron chi connectivity index (χ3n) is 0.891. The first kappa shape index (κ1) is 12.5. The molecule has 0 saturated carbocycles. The first-order valence-corrected chi connectivity index (χ1v) is 12.3. The van der Waals surface area contributed by atoms with Gasteiger partial charge in [0.1, 0.15) is 0 Å². The molecule has 5 heteroatoms. The quantitative estimate of drug-likeness (QED) is 0.533. The van der Waals surface area contributed by atoms with E-state index in [9.17, 15) is 0 Å². The van der Waals surface area contributed by atoms with Crippen molar-refractivity contribution in [2.24, 2.45) is 0 Å². The summed E-state index contributed by atoms with van der Waals surface area (Å²) in [6.07, 6.45) is 5.33. The molecule has 0 N–H and O–H groups in total. The second-order valence-corrected chi connectivity index (χ2v) is 14.6. The van der Waals surface area contributed by atoms with Crippen molar-refractivity contribution in [3.05, 3.63) is 12.2 Å². The summed E-state index contributed by atoms with van der Waals surface area (Å²) < 4.78 is 0. The van der Waals surface area contributed by atoms with Crippen molar-refractivity contribution in [2.75, 3.05) is 6.16 Å². The zero-order chi connectivity index (χ0) is 8.53. The van der Waals surface area contributed by atoms with Crippen LogP contribution in [0.3, 0.4) is 0 Å². The van der Waals surface area contributed by atoms with Gasteiger partial charge < -0.3 is 0 Å². The molecule has 11 heavy (non-hydrogen) atoms. The van der Waals surface area contributed by atoms with Gasteiger partial charge in [-0.3, -0.25) is 0 Å². The summed E-state index contributed by atoms with van der Waals surface area (Å²) in [5.74, 6) is 5.75. The summed E-state index contributed by atoms with van der Waals surface area (Å²) >= 11 is 3.53. The number of hydrogen-bond donors (Lipinski definition) is 0. The Bertz CT molecular complexity index is 165. The first-order chi connectivity index (χ1) is 5.35. The van der Waals surface area contributed by atoms with E-state index in [0.717, 1.165) is 14.9 Å². The molecule has 0 aromatic heterocycles. The van der Waals surface area contributed by atoms with Crippen LogP contribution in [0, 0.1) is 11.8 Å². The van der Waals surface area contributed by atoms with Gasteiger partial charge in [0.2, 0.25) is 0 Å². The van der Waals surface area contributed by atoms with E-state index >= 15 is 0 Å². The zero-order valence-electron chi connectivity index (χ0n) is 6.26. The fourth-order valence-electron chi connectivity index (χ4n) is 0.412. The highest BCUT2D eigenvalue weighted by molar-refractivity contribution is 9.43. The molecule has 4 unspecified atom stereocenters. The SMILES string of the molecule is CC#C/C=C/CP(PP)PBr. The summed E-state index contributed by atoms with van der Waals surface area (Å²) in [6.45, 7) is 2.79. The second-order valence-electron chi connectivity index (χ2n) is 1.62. The van der Waals surface area contributed by atoms with Crippen LogP contribution in [-0.4, -0.2) is 6.16 Å². The third kappa shape index (κ3) is 7.85. The molecule has 0 fully saturated rings. The summed E-state index contributed by atoms with van der Waals surface area (Å²) in [7, 11) is 4.04. The first-order valence-electron chi connectivity index (χ1n) is 3.02. The molecule has 0 bridgehead atoms. The average molecular weight is 287 g/mol. The maximum absolute atomic E-state index is 3.53. The van der Waals surface area contributed by atoms with Crippen LogP contribution in [0.25, 0.3) is 0 Å². The lowest BCUT2D eigenvalue weighted by Gasteiger charge is -2.06. The van der Waals surface area contributed by atoms with E-state index in [0.29, 0.717) is 0 Å². The average Bonchev–Trinajstić information content (AvgIpc) is 2.05. The van der Waals surface area contributed by atoms with Gasteiger partial charge >= 0.3 is 0 Å². The summed E-state index contributed by atoms with van der Waals surface area (Å²) in [6, 6.07) is 0. The van der Waals surface area contributed by atoms with Crippen molar-refractivity contribution in [3.8, 4) is 11.8 Å². The van der Waals surface area contributed by atoms with Crippen LogP contribution in [0.5, 0.6) is 0 Å². The van der Waals surface area contributed by atoms with E-state index in [1.807, 2.05) is 13.0 Å². The molecule has 0 aromatic carbocycles. The minimum absolute atomic E-state index is 0.208. The molecule has 0 radical (unpaired) electrons. The van der Waals surface area contributed by atoms with E-state index in [1.165, 1.54) is 6.16 Å². The van der Waals surface area contributed by atoms with E-state index in [1.54, 1.807) is 0 Å². The van der Waals surface area contributed by atoms with Crippen molar-refractivity contribution in [3.63, 3.8) is 0 Å². The van der Waals surface area contributed by atoms with E-state index in [2.05, 4.69) is 42.3 Å². The summed E-state index contributed by atoms with van der Waals surface area (Å²) in [5.41, 5.74) is 0. The van der Waals surface area contributed by atoms with Crippen molar-refractivity contribution >= 4 is 46.6 Å². The lowest BCUT2D eigenvalue weighted by atomic mass is 10.5. The van der Waals surface area contributed by atoms with E-state index < -0.39 is 0 Å². The number of rotatable bonds is 4. The molecule has 0 heterocycles. The topological polar surface area (TPSA) is 0 Å². The van der Waals surface area contributed by atoms with Crippen LogP contribution in [0.1, 0.15) is 6.92 Å². The second kappa shape index (κ2) is 9.59. The Labute approximate surface area is 83.7 Å². The Morgan fingerprint density at radius 1 is 1.73 bits per heavy atom. The highest BCUT2D eigenvalue weighted by Crippen LogP contribution is 2.74. The Kier molecular flexibility index (Phi) is 10.9. The fraction of sp³-hybridized carbons (Fsp3) is 0.333. The van der Waals surface area contributed by atoms with Crippen LogP contribution in [0.15, 0.2) is 12.2 Å². The van der Waals surface area contributed by atoms with Crippen molar-refractivity contribution in [2.45, 2.75) is 6.92 Å². The van der Waals surface area contributed by atoms with Crippen molar-refractivity contribution in [1.82, 2.24) is 0 Å². The number of halogens is 1. The lowest BCUT2D eigenvalue weighted by Crippen LogP contribution is -1.63. The van der Waals surface area contributed by atoms with Crippen LogP contribution in [0.4, 0.5) is 0 Å². The maximum Gasteiger partial charge on any atom is -0.00235 e. The molecular weight excluding hydrogens is 276 g/mol. The number of allylic oxidation sites excluding steroid dienone is 2. The van der Waals surface area contributed by atoms with Crippen LogP contribution in [-0.2, 0) is 0 Å². The molecule has 0 aromatic rings. The molecule has 0 spiro atoms. The minimum atomic E-state index is 0.208. The molecule has 62 valence electrons. The largest absolute Gasteiger partial charge is 0.110 e. The predicted molar refractivity (Wildman–Crippen MR) is 69.6 cm³/mol. The Hall–Kier alpha value is 1.50. The van der Waals surface area contributed by atoms with Gasteiger partial charge in [-0.1, -0.05) is 35.4 Å². The monoisotopic (exact) mass is 286 g/mol. The van der Waals surface area contributed by atoms with Gasteiger partial charge in [0.05, 0.1) is 0 Å². The highest BCUT2D eigenvalue weighted by Gasteiger charge is 1.98. The van der Waals surface area contributed by atoms with Gasteiger partial charge in [0, 0.05) is 0 Å². The summed E-state index contributed by atoms with van der Waals surface area (Å²) in [4.78, 5) is 0. The third-order valence-corrected chi connectivity index (χ3v) is 18.7. The maximum atomic E-state index is 3.53. The molecule has 0 amide bonds. The Balaban J connectivity index is 3.54. The predicted octanol–water partition coefficient (Wildman–Crippen LogP) is 4.33. The molecule has 0 aliphatic rings. The van der Waals surface area contributed by atoms with Gasteiger partial charge in [-0.25, -0.2) is 0 Å². The van der Waals surface area contributed by atoms with Crippen molar-refractivity contribution < 1.29 is 0 Å². The van der Waals surface area contributed by atoms with Crippen LogP contribution >= 0.6 is 46.6 Å². The van der Waals surface area contributed by atoms with E-state index in [4.69, 9.17) is 0 Å². The van der Waals surface area contributed by atoms with Gasteiger partial charge in [-0.15, -0.1) is 14.8 Å². The molecule has 0 nitrogen and oxygen atoms in total. The van der Waals surface area contributed by atoms with Gasteiger partial charge in [0.25, 0.3) is 0 Å². The molecule has 0 aliphatic heterocycles. The fourth-order valence-corrected chi connectivity index (χ4v) is 14.6. The zero-order valence-corrected chi connectivity index (χ0v) is 11.9. The smallest absolute Gasteiger partial charge is 0.00235 e. The molecule has 0 saturated heterocycles. The van der Waals surface area contributed by atoms with Crippen molar-refractivity contribution in [1.29, 1.82) is 0 Å².